The van der Waals surface area contributed by atoms with Gasteiger partial charge in [0.1, 0.15) is 6.04 Å². The van der Waals surface area contributed by atoms with E-state index in [4.69, 9.17) is 0 Å². The molecule has 0 unspecified atom stereocenters. The van der Waals surface area contributed by atoms with E-state index in [1.165, 1.54) is 0 Å². The number of benzene rings is 1. The van der Waals surface area contributed by atoms with Crippen LogP contribution in [-0.4, -0.2) is 39.9 Å². The summed E-state index contributed by atoms with van der Waals surface area (Å²) < 4.78 is 0. The zero-order valence-corrected chi connectivity index (χ0v) is 15.4. The molecule has 4 rings (SSSR count). The number of hydrogen-bond donors (Lipinski definition) is 2. The van der Waals surface area contributed by atoms with Crippen LogP contribution in [0.15, 0.2) is 24.3 Å². The third kappa shape index (κ3) is 3.45. The van der Waals surface area contributed by atoms with Crippen LogP contribution in [0.2, 0.25) is 0 Å². The van der Waals surface area contributed by atoms with Crippen LogP contribution >= 0.6 is 0 Å². The minimum absolute atomic E-state index is 0.0479. The lowest BCUT2D eigenvalue weighted by atomic mass is 9.84. The minimum Gasteiger partial charge on any atom is -0.480 e. The third-order valence-electron chi connectivity index (χ3n) is 6.48. The van der Waals surface area contributed by atoms with Gasteiger partial charge in [-0.15, -0.1) is 0 Å². The van der Waals surface area contributed by atoms with Gasteiger partial charge in [0, 0.05) is 24.1 Å². The molecule has 27 heavy (non-hydrogen) atoms. The van der Waals surface area contributed by atoms with E-state index in [1.807, 2.05) is 24.3 Å². The van der Waals surface area contributed by atoms with Crippen LogP contribution in [0.3, 0.4) is 0 Å². The van der Waals surface area contributed by atoms with Crippen molar-refractivity contribution < 1.29 is 19.5 Å². The Morgan fingerprint density at radius 2 is 1.96 bits per heavy atom. The molecule has 1 aliphatic carbocycles. The summed E-state index contributed by atoms with van der Waals surface area (Å²) in [6, 6.07) is 7.09. The van der Waals surface area contributed by atoms with Crippen molar-refractivity contribution in [1.82, 2.24) is 4.90 Å². The molecule has 1 saturated heterocycles. The van der Waals surface area contributed by atoms with Gasteiger partial charge in [-0.05, 0) is 49.7 Å². The molecule has 1 saturated carbocycles. The van der Waals surface area contributed by atoms with Gasteiger partial charge in [-0.1, -0.05) is 31.0 Å². The molecule has 2 fully saturated rings. The number of likely N-dealkylation sites (tertiary alicyclic amines) is 1. The molecule has 0 spiro atoms. The number of hydrogen-bond acceptors (Lipinski definition) is 3. The zero-order valence-electron chi connectivity index (χ0n) is 15.4. The second-order valence-electron chi connectivity index (χ2n) is 8.09. The monoisotopic (exact) mass is 370 g/mol. The number of carboxylic acids is 1. The first kappa shape index (κ1) is 18.0. The number of aliphatic carboxylic acids is 1. The maximum Gasteiger partial charge on any atom is 0.326 e. The fourth-order valence-electron chi connectivity index (χ4n) is 5.11. The lowest BCUT2D eigenvalue weighted by molar-refractivity contribution is -0.150. The van der Waals surface area contributed by atoms with E-state index < -0.39 is 12.0 Å². The lowest BCUT2D eigenvalue weighted by Crippen LogP contribution is -2.46. The number of anilines is 1. The van der Waals surface area contributed by atoms with Gasteiger partial charge in [0.25, 0.3) is 0 Å². The number of para-hydroxylation sites is 1. The van der Waals surface area contributed by atoms with E-state index in [2.05, 4.69) is 5.32 Å². The molecule has 0 bridgehead atoms. The Kier molecular flexibility index (Phi) is 4.89. The van der Waals surface area contributed by atoms with Crippen molar-refractivity contribution in [2.45, 2.75) is 63.5 Å². The van der Waals surface area contributed by atoms with Crippen LogP contribution in [-0.2, 0) is 20.8 Å². The summed E-state index contributed by atoms with van der Waals surface area (Å²) in [5.74, 6) is -0.982. The van der Waals surface area contributed by atoms with Crippen molar-refractivity contribution in [3.63, 3.8) is 0 Å². The highest BCUT2D eigenvalue weighted by Crippen LogP contribution is 2.40. The van der Waals surface area contributed by atoms with Crippen molar-refractivity contribution in [3.8, 4) is 0 Å². The van der Waals surface area contributed by atoms with Crippen molar-refractivity contribution in [3.05, 3.63) is 29.8 Å². The van der Waals surface area contributed by atoms with Gasteiger partial charge in [-0.3, -0.25) is 9.59 Å². The Balaban J connectivity index is 1.42. The molecular weight excluding hydrogens is 344 g/mol. The Labute approximate surface area is 158 Å². The van der Waals surface area contributed by atoms with Gasteiger partial charge in [0.2, 0.25) is 11.8 Å². The van der Waals surface area contributed by atoms with Crippen LogP contribution in [0.25, 0.3) is 0 Å². The molecule has 2 N–H and O–H groups in total. The maximum absolute atomic E-state index is 12.9. The average molecular weight is 370 g/mol. The number of carbonyl (C=O) groups excluding carboxylic acids is 2. The third-order valence-corrected chi connectivity index (χ3v) is 6.48. The molecule has 1 aromatic carbocycles. The quantitative estimate of drug-likeness (QED) is 0.853. The van der Waals surface area contributed by atoms with E-state index in [9.17, 15) is 19.5 Å². The van der Waals surface area contributed by atoms with Crippen LogP contribution in [0.5, 0.6) is 0 Å². The Hall–Kier alpha value is -2.37. The topological polar surface area (TPSA) is 86.7 Å². The van der Waals surface area contributed by atoms with Gasteiger partial charge >= 0.3 is 5.97 Å². The summed E-state index contributed by atoms with van der Waals surface area (Å²) in [7, 11) is 0. The lowest BCUT2D eigenvalue weighted by Gasteiger charge is -2.33. The molecule has 144 valence electrons. The second-order valence-corrected chi connectivity index (χ2v) is 8.09. The molecule has 3 aliphatic rings. The van der Waals surface area contributed by atoms with Crippen LogP contribution in [0.1, 0.15) is 50.5 Å². The van der Waals surface area contributed by atoms with Crippen molar-refractivity contribution in [1.29, 1.82) is 0 Å². The molecule has 4 atom stereocenters. The normalized spacial score (nSPS) is 29.6. The van der Waals surface area contributed by atoms with Crippen LogP contribution < -0.4 is 5.32 Å². The number of carbonyl (C=O) groups is 3. The molecule has 1 aromatic rings. The van der Waals surface area contributed by atoms with Crippen molar-refractivity contribution >= 4 is 23.5 Å². The fraction of sp³-hybridized carbons (Fsp3) is 0.571. The molecule has 2 amide bonds. The summed E-state index contributed by atoms with van der Waals surface area (Å²) in [5, 5.41) is 12.5. The van der Waals surface area contributed by atoms with Crippen LogP contribution in [0, 0.1) is 11.8 Å². The van der Waals surface area contributed by atoms with E-state index in [1.54, 1.807) is 4.90 Å². The highest BCUT2D eigenvalue weighted by Gasteiger charge is 2.47. The standard InChI is InChI=1S/C21H26N2O4/c24-19(23-17-8-4-2-6-14(17)12-18(23)21(26)27)10-9-15-11-13-5-1-3-7-16(13)22-20(15)25/h1,3,5,7,14-15,17-18H,2,4,6,8-12H2,(H,22,25)(H,26,27)/t14-,15-,17+,18-/m0/s1. The first-order chi connectivity index (χ1) is 13.0. The zero-order chi connectivity index (χ0) is 19.0. The molecule has 0 radical (unpaired) electrons. The molecule has 6 heteroatoms. The fourth-order valence-corrected chi connectivity index (χ4v) is 5.11. The SMILES string of the molecule is O=C1Nc2ccccc2C[C@@H]1CCC(=O)N1[C@@H]2CCCC[C@H]2C[C@H]1C(=O)O. The summed E-state index contributed by atoms with van der Waals surface area (Å²) in [5.41, 5.74) is 1.94. The largest absolute Gasteiger partial charge is 0.480 e. The van der Waals surface area contributed by atoms with Gasteiger partial charge in [-0.25, -0.2) is 4.79 Å². The predicted octanol–water partition coefficient (Wildman–Crippen LogP) is 2.82. The molecule has 2 aliphatic heterocycles. The van der Waals surface area contributed by atoms with Crippen LogP contribution in [0.4, 0.5) is 5.69 Å². The van der Waals surface area contributed by atoms with E-state index in [-0.39, 0.29) is 30.2 Å². The maximum atomic E-state index is 12.9. The summed E-state index contributed by atoms with van der Waals surface area (Å²) >= 11 is 0. The summed E-state index contributed by atoms with van der Waals surface area (Å²) in [6.45, 7) is 0. The van der Waals surface area contributed by atoms with Crippen molar-refractivity contribution in [2.24, 2.45) is 11.8 Å². The van der Waals surface area contributed by atoms with E-state index in [0.29, 0.717) is 25.2 Å². The molecule has 6 nitrogen and oxygen atoms in total. The Morgan fingerprint density at radius 1 is 1.19 bits per heavy atom. The van der Waals surface area contributed by atoms with Gasteiger partial charge < -0.3 is 15.3 Å². The van der Waals surface area contributed by atoms with E-state index >= 15 is 0 Å². The highest BCUT2D eigenvalue weighted by molar-refractivity contribution is 5.96. The molecule has 2 heterocycles. The molecular formula is C21H26N2O4. The van der Waals surface area contributed by atoms with Gasteiger partial charge in [0.15, 0.2) is 0 Å². The summed E-state index contributed by atoms with van der Waals surface area (Å²) in [4.78, 5) is 38.6. The predicted molar refractivity (Wildman–Crippen MR) is 100 cm³/mol. The number of nitrogens with zero attached hydrogens (tertiary/aromatic N) is 1. The highest BCUT2D eigenvalue weighted by atomic mass is 16.4. The number of rotatable bonds is 4. The first-order valence-electron chi connectivity index (χ1n) is 9.97. The first-order valence-corrected chi connectivity index (χ1v) is 9.97. The second kappa shape index (κ2) is 7.33. The number of nitrogens with one attached hydrogen (secondary N) is 1. The number of fused-ring (bicyclic) bond motifs is 2. The Morgan fingerprint density at radius 3 is 2.78 bits per heavy atom. The number of amides is 2. The van der Waals surface area contributed by atoms with Gasteiger partial charge in [-0.2, -0.15) is 0 Å². The number of carboxylic acid groups (broad SMARTS) is 1. The summed E-state index contributed by atoms with van der Waals surface area (Å²) in [6.07, 6.45) is 5.98. The van der Waals surface area contributed by atoms with Gasteiger partial charge in [0.05, 0.1) is 0 Å². The average Bonchev–Trinajstić information content (AvgIpc) is 3.06. The Bertz CT molecular complexity index is 762. The van der Waals surface area contributed by atoms with Crippen molar-refractivity contribution in [2.75, 3.05) is 5.32 Å². The molecule has 0 aromatic heterocycles. The van der Waals surface area contributed by atoms with E-state index in [0.717, 1.165) is 36.9 Å². The smallest absolute Gasteiger partial charge is 0.326 e. The minimum atomic E-state index is -0.901.